The van der Waals surface area contributed by atoms with E-state index in [-0.39, 0.29) is 17.4 Å². The summed E-state index contributed by atoms with van der Waals surface area (Å²) in [4.78, 5) is 16.2. The molecule has 116 valence electrons. The summed E-state index contributed by atoms with van der Waals surface area (Å²) in [6.45, 7) is 1.90. The normalized spacial score (nSPS) is 15.5. The zero-order chi connectivity index (χ0) is 16.4. The van der Waals surface area contributed by atoms with E-state index in [1.807, 2.05) is 19.1 Å². The Labute approximate surface area is 132 Å². The first-order valence-corrected chi connectivity index (χ1v) is 7.00. The molecule has 0 bridgehead atoms. The second kappa shape index (κ2) is 6.04. The third kappa shape index (κ3) is 2.99. The van der Waals surface area contributed by atoms with E-state index >= 15 is 0 Å². The Kier molecular flexibility index (Phi) is 3.93. The topological polar surface area (TPSA) is 47.9 Å². The molecule has 0 saturated heterocycles. The molecule has 5 heteroatoms. The van der Waals surface area contributed by atoms with Crippen molar-refractivity contribution in [2.45, 2.75) is 6.92 Å². The second-order valence-corrected chi connectivity index (χ2v) is 5.04. The Bertz CT molecular complexity index is 823. The first-order chi connectivity index (χ1) is 11.1. The summed E-state index contributed by atoms with van der Waals surface area (Å²) < 4.78 is 23.5. The van der Waals surface area contributed by atoms with Crippen LogP contribution in [0.15, 0.2) is 53.2 Å². The van der Waals surface area contributed by atoms with Gasteiger partial charge in [0.25, 0.3) is 0 Å². The monoisotopic (exact) mass is 311 g/mol. The van der Waals surface area contributed by atoms with Gasteiger partial charge in [0.1, 0.15) is 11.6 Å². The quantitative estimate of drug-likeness (QED) is 0.644. The molecule has 1 aliphatic heterocycles. The SMILES string of the molecule is COc1c(C)cccc1C1=N/C(=C\c2ccc(F)cc2)C(=O)O1. The number of aryl methyl sites for hydroxylation is 1. The third-order valence-electron chi connectivity index (χ3n) is 3.44. The molecule has 2 aromatic rings. The van der Waals surface area contributed by atoms with Gasteiger partial charge in [-0.05, 0) is 42.3 Å². The molecule has 1 heterocycles. The van der Waals surface area contributed by atoms with E-state index in [4.69, 9.17) is 9.47 Å². The van der Waals surface area contributed by atoms with E-state index in [1.165, 1.54) is 12.1 Å². The van der Waals surface area contributed by atoms with Gasteiger partial charge in [0.15, 0.2) is 5.70 Å². The lowest BCUT2D eigenvalue weighted by Crippen LogP contribution is -2.07. The number of cyclic esters (lactones) is 1. The minimum absolute atomic E-state index is 0.162. The van der Waals surface area contributed by atoms with Gasteiger partial charge in [0.05, 0.1) is 12.7 Å². The number of methoxy groups -OCH3 is 1. The molecule has 0 saturated carbocycles. The van der Waals surface area contributed by atoms with E-state index < -0.39 is 5.97 Å². The Morgan fingerprint density at radius 2 is 1.91 bits per heavy atom. The molecule has 1 aliphatic rings. The highest BCUT2D eigenvalue weighted by Gasteiger charge is 2.26. The maximum absolute atomic E-state index is 12.9. The van der Waals surface area contributed by atoms with Crippen molar-refractivity contribution in [2.75, 3.05) is 7.11 Å². The number of nitrogens with zero attached hydrogens (tertiary/aromatic N) is 1. The number of benzene rings is 2. The molecule has 0 amide bonds. The van der Waals surface area contributed by atoms with Crippen molar-refractivity contribution in [2.24, 2.45) is 4.99 Å². The lowest BCUT2D eigenvalue weighted by atomic mass is 10.1. The standard InChI is InChI=1S/C18H14FNO3/c1-11-4-3-5-14(16(11)22-2)17-20-15(18(21)23-17)10-12-6-8-13(19)9-7-12/h3-10H,1-2H3/b15-10-. The number of ether oxygens (including phenoxy) is 2. The first-order valence-electron chi connectivity index (χ1n) is 7.00. The number of hydrogen-bond acceptors (Lipinski definition) is 4. The Morgan fingerprint density at radius 1 is 1.17 bits per heavy atom. The predicted octanol–water partition coefficient (Wildman–Crippen LogP) is 3.49. The second-order valence-electron chi connectivity index (χ2n) is 5.04. The van der Waals surface area contributed by atoms with Crippen molar-refractivity contribution >= 4 is 17.9 Å². The van der Waals surface area contributed by atoms with Crippen molar-refractivity contribution < 1.29 is 18.7 Å². The number of hydrogen-bond donors (Lipinski definition) is 0. The molecule has 3 rings (SSSR count). The summed E-state index contributed by atoms with van der Waals surface area (Å²) in [5, 5.41) is 0. The fraction of sp³-hybridized carbons (Fsp3) is 0.111. The third-order valence-corrected chi connectivity index (χ3v) is 3.44. The van der Waals surface area contributed by atoms with Crippen molar-refractivity contribution in [1.29, 1.82) is 0 Å². The zero-order valence-corrected chi connectivity index (χ0v) is 12.7. The molecule has 2 aromatic carbocycles. The predicted molar refractivity (Wildman–Crippen MR) is 84.7 cm³/mol. The average Bonchev–Trinajstić information content (AvgIpc) is 2.90. The summed E-state index contributed by atoms with van der Waals surface area (Å²) in [6.07, 6.45) is 1.55. The Hall–Kier alpha value is -2.95. The molecular formula is C18H14FNO3. The van der Waals surface area contributed by atoms with E-state index in [2.05, 4.69) is 4.99 Å². The summed E-state index contributed by atoms with van der Waals surface area (Å²) in [5.74, 6) is -0.0753. The molecule has 4 nitrogen and oxygen atoms in total. The van der Waals surface area contributed by atoms with Gasteiger partial charge in [0.2, 0.25) is 5.90 Å². The van der Waals surface area contributed by atoms with Crippen LogP contribution < -0.4 is 4.74 Å². The van der Waals surface area contributed by atoms with Gasteiger partial charge in [-0.25, -0.2) is 14.2 Å². The van der Waals surface area contributed by atoms with Crippen molar-refractivity contribution in [3.05, 3.63) is 70.7 Å². The molecule has 0 spiro atoms. The summed E-state index contributed by atoms with van der Waals surface area (Å²) >= 11 is 0. The molecule has 0 fully saturated rings. The van der Waals surface area contributed by atoms with Gasteiger partial charge in [-0.3, -0.25) is 0 Å². The largest absolute Gasteiger partial charge is 0.496 e. The molecule has 0 aromatic heterocycles. The van der Waals surface area contributed by atoms with E-state index in [0.717, 1.165) is 5.56 Å². The minimum Gasteiger partial charge on any atom is -0.496 e. The van der Waals surface area contributed by atoms with Gasteiger partial charge in [0, 0.05) is 0 Å². The highest BCUT2D eigenvalue weighted by molar-refractivity contribution is 6.13. The van der Waals surface area contributed by atoms with Crippen LogP contribution in [0.25, 0.3) is 6.08 Å². The number of halogens is 1. The Balaban J connectivity index is 1.99. The number of carbonyl (C=O) groups is 1. The van der Waals surface area contributed by atoms with Crippen LogP contribution in [0.2, 0.25) is 0 Å². The summed E-state index contributed by atoms with van der Waals surface area (Å²) in [6, 6.07) is 11.3. The van der Waals surface area contributed by atoms with Gasteiger partial charge in [-0.1, -0.05) is 24.3 Å². The molecular weight excluding hydrogens is 297 g/mol. The highest BCUT2D eigenvalue weighted by Crippen LogP contribution is 2.27. The van der Waals surface area contributed by atoms with Crippen molar-refractivity contribution in [1.82, 2.24) is 0 Å². The van der Waals surface area contributed by atoms with Crippen LogP contribution >= 0.6 is 0 Å². The van der Waals surface area contributed by atoms with Crippen LogP contribution in [0.4, 0.5) is 4.39 Å². The molecule has 0 atom stereocenters. The van der Waals surface area contributed by atoms with Crippen LogP contribution in [0.3, 0.4) is 0 Å². The number of esters is 1. The van der Waals surface area contributed by atoms with E-state index in [9.17, 15) is 9.18 Å². The van der Waals surface area contributed by atoms with Crippen LogP contribution in [0, 0.1) is 12.7 Å². The molecule has 0 N–H and O–H groups in total. The molecule has 0 radical (unpaired) electrons. The smallest absolute Gasteiger partial charge is 0.363 e. The molecule has 23 heavy (non-hydrogen) atoms. The molecule has 0 aliphatic carbocycles. The van der Waals surface area contributed by atoms with Crippen molar-refractivity contribution in [3.63, 3.8) is 0 Å². The van der Waals surface area contributed by atoms with Gasteiger partial charge in [-0.2, -0.15) is 0 Å². The van der Waals surface area contributed by atoms with Crippen LogP contribution in [-0.4, -0.2) is 19.0 Å². The Morgan fingerprint density at radius 3 is 2.61 bits per heavy atom. The lowest BCUT2D eigenvalue weighted by Gasteiger charge is -2.09. The van der Waals surface area contributed by atoms with Gasteiger partial charge >= 0.3 is 5.97 Å². The fourth-order valence-corrected chi connectivity index (χ4v) is 2.33. The lowest BCUT2D eigenvalue weighted by molar-refractivity contribution is -0.129. The number of aliphatic imine (C=N–C) groups is 1. The van der Waals surface area contributed by atoms with Crippen LogP contribution in [0.5, 0.6) is 5.75 Å². The number of carbonyl (C=O) groups excluding carboxylic acids is 1. The van der Waals surface area contributed by atoms with E-state index in [1.54, 1.807) is 31.4 Å². The summed E-state index contributed by atoms with van der Waals surface area (Å²) in [7, 11) is 1.55. The fourth-order valence-electron chi connectivity index (χ4n) is 2.33. The minimum atomic E-state index is -0.548. The first kappa shape index (κ1) is 15.0. The van der Waals surface area contributed by atoms with E-state index in [0.29, 0.717) is 16.9 Å². The van der Waals surface area contributed by atoms with Crippen LogP contribution in [-0.2, 0) is 9.53 Å². The highest BCUT2D eigenvalue weighted by atomic mass is 19.1. The van der Waals surface area contributed by atoms with Crippen molar-refractivity contribution in [3.8, 4) is 5.75 Å². The number of para-hydroxylation sites is 1. The van der Waals surface area contributed by atoms with Gasteiger partial charge in [-0.15, -0.1) is 0 Å². The van der Waals surface area contributed by atoms with Crippen LogP contribution in [0.1, 0.15) is 16.7 Å². The maximum atomic E-state index is 12.9. The number of rotatable bonds is 3. The van der Waals surface area contributed by atoms with Gasteiger partial charge < -0.3 is 9.47 Å². The average molecular weight is 311 g/mol. The summed E-state index contributed by atoms with van der Waals surface area (Å²) in [5.41, 5.74) is 2.36. The molecule has 0 unspecified atom stereocenters. The maximum Gasteiger partial charge on any atom is 0.363 e. The zero-order valence-electron chi connectivity index (χ0n) is 12.7.